The Morgan fingerprint density at radius 1 is 1.38 bits per heavy atom. The Morgan fingerprint density at radius 2 is 2.19 bits per heavy atom. The van der Waals surface area contributed by atoms with Crippen molar-refractivity contribution in [2.24, 2.45) is 5.73 Å². The van der Waals surface area contributed by atoms with E-state index < -0.39 is 0 Å². The topological polar surface area (TPSA) is 35.2 Å². The molecule has 0 bridgehead atoms. The van der Waals surface area contributed by atoms with Crippen molar-refractivity contribution in [3.8, 4) is 0 Å². The number of rotatable bonds is 2. The summed E-state index contributed by atoms with van der Waals surface area (Å²) in [5.74, 6) is 1.98. The fourth-order valence-corrected chi connectivity index (χ4v) is 2.87. The summed E-state index contributed by atoms with van der Waals surface area (Å²) in [4.78, 5) is 0. The summed E-state index contributed by atoms with van der Waals surface area (Å²) in [6, 6.07) is 5.36. The largest absolute Gasteiger partial charge is 0.375 e. The highest BCUT2D eigenvalue weighted by Gasteiger charge is 2.23. The number of hydrogen-bond acceptors (Lipinski definition) is 3. The second-order valence-corrected chi connectivity index (χ2v) is 5.65. The van der Waals surface area contributed by atoms with Crippen molar-refractivity contribution < 1.29 is 4.74 Å². The summed E-state index contributed by atoms with van der Waals surface area (Å²) in [5.41, 5.74) is 7.12. The molecule has 1 fully saturated rings. The first-order valence-corrected chi connectivity index (χ1v) is 6.99. The monoisotopic (exact) mass is 277 g/mol. The van der Waals surface area contributed by atoms with Crippen LogP contribution in [-0.2, 0) is 4.74 Å². The van der Waals surface area contributed by atoms with E-state index in [-0.39, 0.29) is 12.1 Å². The van der Waals surface area contributed by atoms with Gasteiger partial charge in [-0.15, -0.1) is 0 Å². The van der Waals surface area contributed by atoms with Crippen LogP contribution in [0.25, 0.3) is 0 Å². The Balaban J connectivity index is 2.12. The van der Waals surface area contributed by atoms with Crippen LogP contribution in [0.15, 0.2) is 18.2 Å². The van der Waals surface area contributed by atoms with Gasteiger partial charge in [0.25, 0.3) is 0 Å². The molecule has 0 aromatic heterocycles. The van der Waals surface area contributed by atoms with Gasteiger partial charge in [0.05, 0.1) is 28.8 Å². The van der Waals surface area contributed by atoms with Crippen LogP contribution < -0.4 is 5.73 Å². The molecule has 2 nitrogen and oxygen atoms in total. The van der Waals surface area contributed by atoms with Gasteiger partial charge < -0.3 is 10.5 Å². The van der Waals surface area contributed by atoms with Gasteiger partial charge >= 0.3 is 0 Å². The van der Waals surface area contributed by atoms with E-state index in [1.807, 2.05) is 23.9 Å². The Kier molecular flexibility index (Phi) is 4.39. The lowest BCUT2D eigenvalue weighted by Crippen LogP contribution is -2.34. The number of thioether (sulfide) groups is 1. The molecule has 0 amide bonds. The van der Waals surface area contributed by atoms with Gasteiger partial charge in [-0.2, -0.15) is 11.8 Å². The molecule has 16 heavy (non-hydrogen) atoms. The van der Waals surface area contributed by atoms with E-state index in [0.717, 1.165) is 23.7 Å². The van der Waals surface area contributed by atoms with Gasteiger partial charge in [0.2, 0.25) is 0 Å². The van der Waals surface area contributed by atoms with Gasteiger partial charge in [0.15, 0.2) is 0 Å². The minimum Gasteiger partial charge on any atom is -0.375 e. The highest BCUT2D eigenvalue weighted by atomic mass is 35.5. The first kappa shape index (κ1) is 12.5. The second kappa shape index (κ2) is 5.61. The summed E-state index contributed by atoms with van der Waals surface area (Å²) in [5, 5.41) is 1.09. The third kappa shape index (κ3) is 2.84. The molecule has 2 unspecified atom stereocenters. The minimum atomic E-state index is -0.137. The van der Waals surface area contributed by atoms with Crippen molar-refractivity contribution in [3.05, 3.63) is 33.8 Å². The summed E-state index contributed by atoms with van der Waals surface area (Å²) in [7, 11) is 0. The number of nitrogens with two attached hydrogens (primary N) is 1. The zero-order valence-corrected chi connectivity index (χ0v) is 11.0. The van der Waals surface area contributed by atoms with Crippen LogP contribution in [0.4, 0.5) is 0 Å². The molecule has 1 aromatic rings. The van der Waals surface area contributed by atoms with Crippen molar-refractivity contribution in [1.29, 1.82) is 0 Å². The van der Waals surface area contributed by atoms with E-state index in [9.17, 15) is 0 Å². The molecule has 1 heterocycles. The number of ether oxygens (including phenoxy) is 1. The predicted molar refractivity (Wildman–Crippen MR) is 70.5 cm³/mol. The zero-order chi connectivity index (χ0) is 11.5. The first-order valence-electron chi connectivity index (χ1n) is 5.08. The number of halogens is 2. The van der Waals surface area contributed by atoms with Crippen LogP contribution in [0.2, 0.25) is 10.0 Å². The highest BCUT2D eigenvalue weighted by Crippen LogP contribution is 2.28. The Bertz CT molecular complexity index is 369. The molecule has 0 aliphatic carbocycles. The van der Waals surface area contributed by atoms with Crippen LogP contribution in [0.1, 0.15) is 11.6 Å². The summed E-state index contributed by atoms with van der Waals surface area (Å²) in [6.45, 7) is 0.768. The van der Waals surface area contributed by atoms with Gasteiger partial charge in [-0.1, -0.05) is 29.3 Å². The second-order valence-electron chi connectivity index (χ2n) is 3.68. The average molecular weight is 278 g/mol. The van der Waals surface area contributed by atoms with Crippen molar-refractivity contribution >= 4 is 35.0 Å². The van der Waals surface area contributed by atoms with Crippen LogP contribution in [-0.4, -0.2) is 24.2 Å². The fourth-order valence-electron chi connectivity index (χ4n) is 1.65. The molecule has 1 aliphatic rings. The first-order chi connectivity index (χ1) is 7.68. The van der Waals surface area contributed by atoms with E-state index in [1.165, 1.54) is 0 Å². The van der Waals surface area contributed by atoms with Crippen molar-refractivity contribution in [3.63, 3.8) is 0 Å². The fraction of sp³-hybridized carbons (Fsp3) is 0.455. The van der Waals surface area contributed by atoms with E-state index in [1.54, 1.807) is 6.07 Å². The van der Waals surface area contributed by atoms with Gasteiger partial charge in [0.1, 0.15) is 0 Å². The predicted octanol–water partition coefficient (Wildman–Crippen LogP) is 3.13. The summed E-state index contributed by atoms with van der Waals surface area (Å²) in [6.07, 6.45) is 0.0657. The van der Waals surface area contributed by atoms with Crippen LogP contribution in [0.5, 0.6) is 0 Å². The van der Waals surface area contributed by atoms with Crippen LogP contribution >= 0.6 is 35.0 Å². The highest BCUT2D eigenvalue weighted by molar-refractivity contribution is 7.99. The maximum Gasteiger partial charge on any atom is 0.0858 e. The van der Waals surface area contributed by atoms with Gasteiger partial charge in [-0.05, 0) is 17.7 Å². The molecule has 0 spiro atoms. The molecular formula is C11H13Cl2NOS. The average Bonchev–Trinajstić information content (AvgIpc) is 2.33. The zero-order valence-electron chi connectivity index (χ0n) is 8.66. The van der Waals surface area contributed by atoms with Crippen LogP contribution in [0.3, 0.4) is 0 Å². The summed E-state index contributed by atoms with van der Waals surface area (Å²) < 4.78 is 5.64. The molecule has 1 aromatic carbocycles. The van der Waals surface area contributed by atoms with Gasteiger partial charge in [-0.25, -0.2) is 0 Å². The van der Waals surface area contributed by atoms with Crippen molar-refractivity contribution in [2.45, 2.75) is 12.1 Å². The normalized spacial score (nSPS) is 23.1. The maximum atomic E-state index is 6.15. The Hall–Kier alpha value is 0.0700. The SMILES string of the molecule is NC(c1ccc(Cl)c(Cl)c1)C1CSCCO1. The standard InChI is InChI=1S/C11H13Cl2NOS/c12-8-2-1-7(5-9(8)13)11(14)10-6-16-4-3-15-10/h1-2,5,10-11H,3-4,6,14H2. The molecule has 88 valence electrons. The molecule has 2 atom stereocenters. The number of hydrogen-bond donors (Lipinski definition) is 1. The molecule has 1 aliphatic heterocycles. The van der Waals surface area contributed by atoms with Gasteiger partial charge in [0, 0.05) is 11.5 Å². The quantitative estimate of drug-likeness (QED) is 0.902. The van der Waals surface area contributed by atoms with E-state index in [0.29, 0.717) is 10.0 Å². The molecule has 1 saturated heterocycles. The third-order valence-corrected chi connectivity index (χ3v) is 4.33. The van der Waals surface area contributed by atoms with Gasteiger partial charge in [-0.3, -0.25) is 0 Å². The Morgan fingerprint density at radius 3 is 2.81 bits per heavy atom. The third-order valence-electron chi connectivity index (χ3n) is 2.57. The van der Waals surface area contributed by atoms with Crippen molar-refractivity contribution in [2.75, 3.05) is 18.1 Å². The van der Waals surface area contributed by atoms with E-state index >= 15 is 0 Å². The Labute approximate surface area is 109 Å². The lowest BCUT2D eigenvalue weighted by atomic mass is 10.0. The van der Waals surface area contributed by atoms with Crippen LogP contribution in [0, 0.1) is 0 Å². The molecule has 2 N–H and O–H groups in total. The molecule has 0 saturated carbocycles. The summed E-state index contributed by atoms with van der Waals surface area (Å²) >= 11 is 13.7. The lowest BCUT2D eigenvalue weighted by Gasteiger charge is -2.28. The maximum absolute atomic E-state index is 6.15. The number of benzene rings is 1. The van der Waals surface area contributed by atoms with E-state index in [2.05, 4.69) is 0 Å². The van der Waals surface area contributed by atoms with Crippen molar-refractivity contribution in [1.82, 2.24) is 0 Å². The lowest BCUT2D eigenvalue weighted by molar-refractivity contribution is 0.0569. The smallest absolute Gasteiger partial charge is 0.0858 e. The molecule has 2 rings (SSSR count). The molecule has 0 radical (unpaired) electrons. The molecule has 5 heteroatoms. The molecular weight excluding hydrogens is 265 g/mol. The minimum absolute atomic E-state index is 0.0657. The van der Waals surface area contributed by atoms with E-state index in [4.69, 9.17) is 33.7 Å².